The van der Waals surface area contributed by atoms with Gasteiger partial charge in [-0.1, -0.05) is 0 Å². The Balaban J connectivity index is 3.46. The third-order valence-corrected chi connectivity index (χ3v) is 1.74. The zero-order valence-electron chi connectivity index (χ0n) is 7.82. The molecule has 80 valence electrons. The topological polar surface area (TPSA) is 97.1 Å². The van der Waals surface area contributed by atoms with Crippen molar-refractivity contribution in [3.63, 3.8) is 0 Å². The van der Waals surface area contributed by atoms with E-state index in [1.54, 1.807) is 0 Å². The van der Waals surface area contributed by atoms with Crippen LogP contribution in [0.4, 0.5) is 15.8 Å². The molecule has 0 saturated carbocycles. The lowest BCUT2D eigenvalue weighted by atomic mass is 10.1. The van der Waals surface area contributed by atoms with Crippen molar-refractivity contribution in [3.05, 3.63) is 33.6 Å². The number of hydrogen-bond acceptors (Lipinski definition) is 4. The second-order valence-corrected chi connectivity index (χ2v) is 2.71. The molecule has 7 heteroatoms. The highest BCUT2D eigenvalue weighted by Gasteiger charge is 2.27. The monoisotopic (exact) mass is 215 g/mol. The van der Waals surface area contributed by atoms with E-state index in [2.05, 4.69) is 10.5 Å². The number of hydrogen-bond donors (Lipinski definition) is 1. The molecule has 0 atom stereocenters. The van der Waals surface area contributed by atoms with Crippen LogP contribution in [0.5, 0.6) is 0 Å². The van der Waals surface area contributed by atoms with Crippen LogP contribution in [0, 0.1) is 15.9 Å². The summed E-state index contributed by atoms with van der Waals surface area (Å²) in [5.74, 6) is -1.74. The Morgan fingerprint density at radius 3 is 2.67 bits per heavy atom. The summed E-state index contributed by atoms with van der Waals surface area (Å²) in [5.41, 5.74) is 2.15. The minimum atomic E-state index is -0.967. The lowest BCUT2D eigenvalue weighted by Gasteiger charge is -2.01. The van der Waals surface area contributed by atoms with Crippen LogP contribution in [0.25, 0.3) is 0 Å². The number of esters is 1. The molecule has 3 N–H and O–H groups in total. The minimum absolute atomic E-state index is 0.166. The highest BCUT2D eigenvalue weighted by atomic mass is 19.1. The maximum Gasteiger partial charge on any atom is 0.345 e. The first-order valence-electron chi connectivity index (χ1n) is 3.85. The number of nitro benzene ring substituents is 1. The SMILES string of the molecule is COC(=O)c1cc(F)cc([NH3+])c1[N+](=O)[O-]. The third-order valence-electron chi connectivity index (χ3n) is 1.74. The molecule has 0 heterocycles. The van der Waals surface area contributed by atoms with Gasteiger partial charge in [-0.3, -0.25) is 10.1 Å². The van der Waals surface area contributed by atoms with Crippen LogP contribution in [-0.4, -0.2) is 18.0 Å². The molecule has 0 aromatic heterocycles. The van der Waals surface area contributed by atoms with Gasteiger partial charge in [-0.2, -0.15) is 0 Å². The van der Waals surface area contributed by atoms with Crippen LogP contribution >= 0.6 is 0 Å². The number of carbonyl (C=O) groups excluding carboxylic acids is 1. The average molecular weight is 215 g/mol. The van der Waals surface area contributed by atoms with Crippen molar-refractivity contribution in [1.29, 1.82) is 0 Å². The van der Waals surface area contributed by atoms with Gasteiger partial charge in [0.1, 0.15) is 11.4 Å². The molecule has 1 rings (SSSR count). The number of halogens is 1. The maximum absolute atomic E-state index is 12.9. The van der Waals surface area contributed by atoms with Crippen molar-refractivity contribution >= 4 is 17.3 Å². The van der Waals surface area contributed by atoms with Crippen LogP contribution in [-0.2, 0) is 4.74 Å². The molecule has 0 aliphatic rings. The van der Waals surface area contributed by atoms with Gasteiger partial charge < -0.3 is 10.5 Å². The molecule has 1 aromatic rings. The van der Waals surface area contributed by atoms with Gasteiger partial charge in [0.15, 0.2) is 0 Å². The summed E-state index contributed by atoms with van der Waals surface area (Å²) in [5, 5.41) is 10.6. The summed E-state index contributed by atoms with van der Waals surface area (Å²) in [6, 6.07) is 1.63. The van der Waals surface area contributed by atoms with Crippen LogP contribution in [0.1, 0.15) is 10.4 Å². The standard InChI is InChI=1S/C8H7FN2O4/c1-15-8(12)5-2-4(9)3-6(10)7(5)11(13)14/h2-3H,10H2,1H3/p+1. The number of ether oxygens (including phenoxy) is 1. The molecular weight excluding hydrogens is 207 g/mol. The van der Waals surface area contributed by atoms with Crippen molar-refractivity contribution in [2.75, 3.05) is 7.11 Å². The van der Waals surface area contributed by atoms with Crippen molar-refractivity contribution < 1.29 is 24.6 Å². The van der Waals surface area contributed by atoms with E-state index in [1.807, 2.05) is 0 Å². The minimum Gasteiger partial charge on any atom is -0.465 e. The second-order valence-electron chi connectivity index (χ2n) is 2.71. The first-order valence-corrected chi connectivity index (χ1v) is 3.85. The van der Waals surface area contributed by atoms with Crippen molar-refractivity contribution in [1.82, 2.24) is 0 Å². The lowest BCUT2D eigenvalue weighted by molar-refractivity contribution is -0.395. The molecule has 0 spiro atoms. The number of methoxy groups -OCH3 is 1. The highest BCUT2D eigenvalue weighted by molar-refractivity contribution is 5.95. The van der Waals surface area contributed by atoms with Gasteiger partial charge in [0.05, 0.1) is 12.0 Å². The fourth-order valence-corrected chi connectivity index (χ4v) is 1.14. The Morgan fingerprint density at radius 1 is 1.60 bits per heavy atom. The normalized spacial score (nSPS) is 9.80. The Hall–Kier alpha value is -2.02. The zero-order valence-corrected chi connectivity index (χ0v) is 7.82. The fraction of sp³-hybridized carbons (Fsp3) is 0.125. The molecular formula is C8H8FN2O4+. The average Bonchev–Trinajstić information content (AvgIpc) is 2.14. The number of quaternary nitrogens is 1. The molecule has 0 fully saturated rings. The quantitative estimate of drug-likeness (QED) is 0.438. The van der Waals surface area contributed by atoms with Crippen LogP contribution in [0.15, 0.2) is 12.1 Å². The zero-order chi connectivity index (χ0) is 11.6. The Morgan fingerprint density at radius 2 is 2.20 bits per heavy atom. The van der Waals surface area contributed by atoms with Crippen molar-refractivity contribution in [3.8, 4) is 0 Å². The third kappa shape index (κ3) is 2.08. The summed E-state index contributed by atoms with van der Waals surface area (Å²) < 4.78 is 17.2. The Kier molecular flexibility index (Phi) is 2.96. The van der Waals surface area contributed by atoms with E-state index in [-0.39, 0.29) is 5.69 Å². The molecule has 0 radical (unpaired) electrons. The van der Waals surface area contributed by atoms with E-state index in [4.69, 9.17) is 0 Å². The Bertz CT molecular complexity index is 433. The lowest BCUT2D eigenvalue weighted by Crippen LogP contribution is -2.41. The van der Waals surface area contributed by atoms with Gasteiger partial charge >= 0.3 is 11.7 Å². The number of rotatable bonds is 2. The van der Waals surface area contributed by atoms with Gasteiger partial charge in [0.2, 0.25) is 5.69 Å². The molecule has 0 saturated heterocycles. The van der Waals surface area contributed by atoms with E-state index in [0.717, 1.165) is 19.2 Å². The van der Waals surface area contributed by atoms with Crippen LogP contribution in [0.2, 0.25) is 0 Å². The van der Waals surface area contributed by atoms with Gasteiger partial charge in [0.25, 0.3) is 0 Å². The summed E-state index contributed by atoms with van der Waals surface area (Å²) in [6.45, 7) is 0. The number of carbonyl (C=O) groups is 1. The van der Waals surface area contributed by atoms with Gasteiger partial charge in [-0.25, -0.2) is 9.18 Å². The molecule has 0 aliphatic heterocycles. The van der Waals surface area contributed by atoms with Gasteiger partial charge in [-0.15, -0.1) is 0 Å². The van der Waals surface area contributed by atoms with Gasteiger partial charge in [0, 0.05) is 6.07 Å². The first-order chi connectivity index (χ1) is 6.97. The smallest absolute Gasteiger partial charge is 0.345 e. The maximum atomic E-state index is 12.9. The predicted octanol–water partition coefficient (Wildman–Crippen LogP) is 0.394. The van der Waals surface area contributed by atoms with Gasteiger partial charge in [-0.05, 0) is 6.07 Å². The molecule has 0 bridgehead atoms. The largest absolute Gasteiger partial charge is 0.465 e. The van der Waals surface area contributed by atoms with E-state index in [0.29, 0.717) is 0 Å². The van der Waals surface area contributed by atoms with E-state index in [9.17, 15) is 19.3 Å². The molecule has 1 aromatic carbocycles. The van der Waals surface area contributed by atoms with E-state index in [1.165, 1.54) is 0 Å². The van der Waals surface area contributed by atoms with Crippen molar-refractivity contribution in [2.24, 2.45) is 0 Å². The van der Waals surface area contributed by atoms with E-state index >= 15 is 0 Å². The highest BCUT2D eigenvalue weighted by Crippen LogP contribution is 2.26. The first kappa shape index (κ1) is 11.1. The molecule has 0 unspecified atom stereocenters. The van der Waals surface area contributed by atoms with Crippen LogP contribution < -0.4 is 5.73 Å². The van der Waals surface area contributed by atoms with Crippen molar-refractivity contribution in [2.45, 2.75) is 0 Å². The number of nitro groups is 1. The molecule has 0 aliphatic carbocycles. The summed E-state index contributed by atoms with van der Waals surface area (Å²) in [7, 11) is 1.06. The predicted molar refractivity (Wildman–Crippen MR) is 46.9 cm³/mol. The molecule has 15 heavy (non-hydrogen) atoms. The number of benzene rings is 1. The second kappa shape index (κ2) is 4.01. The summed E-state index contributed by atoms with van der Waals surface area (Å²) >= 11 is 0. The Labute approximate surface area is 83.6 Å². The molecule has 0 amide bonds. The number of nitrogens with zero attached hydrogens (tertiary/aromatic N) is 1. The van der Waals surface area contributed by atoms with Crippen LogP contribution in [0.3, 0.4) is 0 Å². The van der Waals surface area contributed by atoms with E-state index < -0.39 is 28.0 Å². The molecule has 6 nitrogen and oxygen atoms in total. The summed E-state index contributed by atoms with van der Waals surface area (Å²) in [4.78, 5) is 20.9. The fourth-order valence-electron chi connectivity index (χ4n) is 1.14. The summed E-state index contributed by atoms with van der Waals surface area (Å²) in [6.07, 6.45) is 0.